The number of hydrogen-bond donors (Lipinski definition) is 1. The van der Waals surface area contributed by atoms with E-state index in [2.05, 4.69) is 10.3 Å². The van der Waals surface area contributed by atoms with Crippen molar-refractivity contribution in [2.75, 3.05) is 11.9 Å². The average molecular weight is 284 g/mol. The first-order valence-electron chi connectivity index (χ1n) is 5.25. The first-order chi connectivity index (χ1) is 8.61. The van der Waals surface area contributed by atoms with Crippen molar-refractivity contribution < 1.29 is 4.92 Å². The highest BCUT2D eigenvalue weighted by Crippen LogP contribution is 2.34. The van der Waals surface area contributed by atoms with E-state index in [4.69, 9.17) is 11.6 Å². The van der Waals surface area contributed by atoms with Gasteiger partial charge in [0.25, 0.3) is 5.69 Å². The second-order valence-electron chi connectivity index (χ2n) is 3.48. The fourth-order valence-corrected chi connectivity index (χ4v) is 2.60. The second-order valence-corrected chi connectivity index (χ2v) is 4.80. The van der Waals surface area contributed by atoms with Crippen LogP contribution in [0.3, 0.4) is 0 Å². The van der Waals surface area contributed by atoms with Crippen molar-refractivity contribution in [1.29, 1.82) is 0 Å². The van der Waals surface area contributed by atoms with Crippen molar-refractivity contribution in [2.24, 2.45) is 0 Å². The average Bonchev–Trinajstić information content (AvgIpc) is 2.75. The van der Waals surface area contributed by atoms with Gasteiger partial charge < -0.3 is 5.32 Å². The predicted octanol–water partition coefficient (Wildman–Crippen LogP) is 3.80. The Labute approximate surface area is 113 Å². The van der Waals surface area contributed by atoms with Gasteiger partial charge in [0.15, 0.2) is 0 Å². The standard InChI is InChI=1S/C11H10ClN3O2S/c1-2-13-10-6-7(15(16)17)5-9(14-10)11-8(12)3-4-18-11/h3-6H,2H2,1H3,(H,13,14). The molecule has 0 aliphatic heterocycles. The molecule has 1 N–H and O–H groups in total. The van der Waals surface area contributed by atoms with Crippen molar-refractivity contribution in [3.63, 3.8) is 0 Å². The zero-order valence-electron chi connectivity index (χ0n) is 9.51. The van der Waals surface area contributed by atoms with Crippen LogP contribution >= 0.6 is 22.9 Å². The van der Waals surface area contributed by atoms with E-state index >= 15 is 0 Å². The van der Waals surface area contributed by atoms with E-state index < -0.39 is 4.92 Å². The van der Waals surface area contributed by atoms with Gasteiger partial charge in [0, 0.05) is 12.6 Å². The molecular formula is C11H10ClN3O2S. The molecule has 2 heterocycles. The lowest BCUT2D eigenvalue weighted by Crippen LogP contribution is -2.01. The highest BCUT2D eigenvalue weighted by atomic mass is 35.5. The first-order valence-corrected chi connectivity index (χ1v) is 6.51. The third-order valence-corrected chi connectivity index (χ3v) is 3.59. The summed E-state index contributed by atoms with van der Waals surface area (Å²) < 4.78 is 0. The van der Waals surface area contributed by atoms with Gasteiger partial charge >= 0.3 is 0 Å². The minimum Gasteiger partial charge on any atom is -0.370 e. The van der Waals surface area contributed by atoms with E-state index in [-0.39, 0.29) is 5.69 Å². The molecule has 0 atom stereocenters. The van der Waals surface area contributed by atoms with Gasteiger partial charge in [0.05, 0.1) is 26.6 Å². The van der Waals surface area contributed by atoms with Crippen molar-refractivity contribution in [3.05, 3.63) is 38.7 Å². The van der Waals surface area contributed by atoms with Crippen molar-refractivity contribution in [1.82, 2.24) is 4.98 Å². The summed E-state index contributed by atoms with van der Waals surface area (Å²) in [5, 5.41) is 16.2. The Balaban J connectivity index is 2.53. The monoisotopic (exact) mass is 283 g/mol. The Morgan fingerprint density at radius 2 is 2.33 bits per heavy atom. The van der Waals surface area contributed by atoms with E-state index in [0.29, 0.717) is 23.1 Å². The number of aromatic nitrogens is 1. The minimum absolute atomic E-state index is 0.000386. The predicted molar refractivity (Wildman–Crippen MR) is 73.4 cm³/mol. The molecule has 0 aliphatic carbocycles. The van der Waals surface area contributed by atoms with Crippen LogP contribution in [-0.2, 0) is 0 Å². The Morgan fingerprint density at radius 1 is 1.56 bits per heavy atom. The number of hydrogen-bond acceptors (Lipinski definition) is 5. The smallest absolute Gasteiger partial charge is 0.275 e. The van der Waals surface area contributed by atoms with Crippen LogP contribution < -0.4 is 5.32 Å². The maximum absolute atomic E-state index is 10.9. The Kier molecular flexibility index (Phi) is 3.78. The molecule has 0 saturated heterocycles. The number of nitrogens with one attached hydrogen (secondary N) is 1. The van der Waals surface area contributed by atoms with Gasteiger partial charge in [-0.15, -0.1) is 11.3 Å². The quantitative estimate of drug-likeness (QED) is 0.684. The summed E-state index contributed by atoms with van der Waals surface area (Å²) >= 11 is 7.42. The molecule has 94 valence electrons. The topological polar surface area (TPSA) is 68.1 Å². The molecule has 0 unspecified atom stereocenters. The number of nitro groups is 1. The van der Waals surface area contributed by atoms with Crippen LogP contribution in [0.25, 0.3) is 10.6 Å². The van der Waals surface area contributed by atoms with Crippen molar-refractivity contribution in [3.8, 4) is 10.6 Å². The minimum atomic E-state index is -0.437. The van der Waals surface area contributed by atoms with Crippen molar-refractivity contribution in [2.45, 2.75) is 6.92 Å². The lowest BCUT2D eigenvalue weighted by molar-refractivity contribution is -0.384. The Morgan fingerprint density at radius 3 is 2.89 bits per heavy atom. The maximum atomic E-state index is 10.9. The van der Waals surface area contributed by atoms with E-state index in [1.54, 1.807) is 6.07 Å². The molecule has 0 bridgehead atoms. The highest BCUT2D eigenvalue weighted by Gasteiger charge is 2.14. The summed E-state index contributed by atoms with van der Waals surface area (Å²) in [6.07, 6.45) is 0. The summed E-state index contributed by atoms with van der Waals surface area (Å²) in [7, 11) is 0. The number of pyridine rings is 1. The van der Waals surface area contributed by atoms with Gasteiger partial charge in [0.1, 0.15) is 5.82 Å². The zero-order chi connectivity index (χ0) is 13.1. The molecular weight excluding hydrogens is 274 g/mol. The van der Waals surface area contributed by atoms with E-state index in [9.17, 15) is 10.1 Å². The number of rotatable bonds is 4. The van der Waals surface area contributed by atoms with Gasteiger partial charge in [-0.25, -0.2) is 4.98 Å². The molecule has 0 amide bonds. The highest BCUT2D eigenvalue weighted by molar-refractivity contribution is 7.14. The number of halogens is 1. The molecule has 0 saturated carbocycles. The fraction of sp³-hybridized carbons (Fsp3) is 0.182. The lowest BCUT2D eigenvalue weighted by atomic mass is 10.2. The number of anilines is 1. The molecule has 2 aromatic heterocycles. The third-order valence-electron chi connectivity index (χ3n) is 2.23. The molecule has 2 rings (SSSR count). The molecule has 0 aliphatic rings. The molecule has 18 heavy (non-hydrogen) atoms. The van der Waals surface area contributed by atoms with Crippen molar-refractivity contribution >= 4 is 34.4 Å². The number of thiophene rings is 1. The summed E-state index contributed by atoms with van der Waals surface area (Å²) in [5.41, 5.74) is 0.514. The molecule has 7 heteroatoms. The summed E-state index contributed by atoms with van der Waals surface area (Å²) in [5.74, 6) is 0.478. The van der Waals surface area contributed by atoms with Crippen LogP contribution in [0.1, 0.15) is 6.92 Å². The third kappa shape index (κ3) is 2.60. The first kappa shape index (κ1) is 12.8. The zero-order valence-corrected chi connectivity index (χ0v) is 11.1. The Bertz CT molecular complexity index is 585. The molecule has 0 aromatic carbocycles. The van der Waals surface area contributed by atoms with Gasteiger partial charge in [-0.3, -0.25) is 10.1 Å². The molecule has 2 aromatic rings. The van der Waals surface area contributed by atoms with Crippen LogP contribution in [0.2, 0.25) is 5.02 Å². The van der Waals surface area contributed by atoms with E-state index in [1.165, 1.54) is 23.5 Å². The van der Waals surface area contributed by atoms with Crippen LogP contribution in [0, 0.1) is 10.1 Å². The van der Waals surface area contributed by atoms with Crippen LogP contribution in [0.4, 0.5) is 11.5 Å². The maximum Gasteiger partial charge on any atom is 0.275 e. The van der Waals surface area contributed by atoms with Gasteiger partial charge in [-0.05, 0) is 18.4 Å². The van der Waals surface area contributed by atoms with Crippen LogP contribution in [0.15, 0.2) is 23.6 Å². The van der Waals surface area contributed by atoms with E-state index in [0.717, 1.165) is 4.88 Å². The molecule has 0 spiro atoms. The summed E-state index contributed by atoms with van der Waals surface area (Å²) in [6.45, 7) is 2.55. The molecule has 5 nitrogen and oxygen atoms in total. The summed E-state index contributed by atoms with van der Waals surface area (Å²) in [4.78, 5) is 15.5. The largest absolute Gasteiger partial charge is 0.370 e. The van der Waals surface area contributed by atoms with Gasteiger partial charge in [0.2, 0.25) is 0 Å². The van der Waals surface area contributed by atoms with Crippen LogP contribution in [0.5, 0.6) is 0 Å². The normalized spacial score (nSPS) is 10.3. The SMILES string of the molecule is CCNc1cc([N+](=O)[O-])cc(-c2sccc2Cl)n1. The summed E-state index contributed by atoms with van der Waals surface area (Å²) in [6, 6.07) is 4.59. The van der Waals surface area contributed by atoms with Gasteiger partial charge in [-0.1, -0.05) is 11.6 Å². The molecule has 0 fully saturated rings. The second kappa shape index (κ2) is 5.32. The fourth-order valence-electron chi connectivity index (χ4n) is 1.49. The van der Waals surface area contributed by atoms with Crippen LogP contribution in [-0.4, -0.2) is 16.5 Å². The molecule has 0 radical (unpaired) electrons. The van der Waals surface area contributed by atoms with Gasteiger partial charge in [-0.2, -0.15) is 0 Å². The lowest BCUT2D eigenvalue weighted by Gasteiger charge is -2.05. The Hall–Kier alpha value is -1.66. The number of nitrogens with zero attached hydrogens (tertiary/aromatic N) is 2. The van der Waals surface area contributed by atoms with E-state index in [1.807, 2.05) is 12.3 Å².